The Morgan fingerprint density at radius 2 is 1.85 bits per heavy atom. The molecule has 1 rings (SSSR count). The van der Waals surface area contributed by atoms with Gasteiger partial charge in [-0.1, -0.05) is 13.8 Å². The second kappa shape index (κ2) is 6.74. The van der Waals surface area contributed by atoms with Crippen molar-refractivity contribution in [3.63, 3.8) is 0 Å². The summed E-state index contributed by atoms with van der Waals surface area (Å²) in [6, 6.07) is 1.77. The van der Waals surface area contributed by atoms with Gasteiger partial charge in [0.2, 0.25) is 5.91 Å². The van der Waals surface area contributed by atoms with Gasteiger partial charge >= 0.3 is 0 Å². The number of carbonyl (C=O) groups is 1. The Labute approximate surface area is 116 Å². The van der Waals surface area contributed by atoms with Gasteiger partial charge in [-0.25, -0.2) is 13.2 Å². The lowest BCUT2D eigenvalue weighted by atomic mass is 9.84. The van der Waals surface area contributed by atoms with Crippen LogP contribution in [0.3, 0.4) is 0 Å². The van der Waals surface area contributed by atoms with Crippen molar-refractivity contribution in [3.8, 4) is 0 Å². The fourth-order valence-electron chi connectivity index (χ4n) is 1.80. The summed E-state index contributed by atoms with van der Waals surface area (Å²) in [5, 5.41) is 2.24. The summed E-state index contributed by atoms with van der Waals surface area (Å²) in [4.78, 5) is 11.7. The van der Waals surface area contributed by atoms with Crippen molar-refractivity contribution >= 4 is 11.6 Å². The summed E-state index contributed by atoms with van der Waals surface area (Å²) in [7, 11) is 0. The van der Waals surface area contributed by atoms with Gasteiger partial charge in [-0.2, -0.15) is 0 Å². The van der Waals surface area contributed by atoms with Crippen LogP contribution in [0, 0.1) is 22.9 Å². The summed E-state index contributed by atoms with van der Waals surface area (Å²) in [5.74, 6) is -4.71. The Kier molecular flexibility index (Phi) is 5.56. The van der Waals surface area contributed by atoms with Crippen LogP contribution < -0.4 is 11.1 Å². The van der Waals surface area contributed by atoms with Gasteiger partial charge in [-0.15, -0.1) is 0 Å². The molecule has 0 atom stereocenters. The van der Waals surface area contributed by atoms with E-state index in [1.54, 1.807) is 0 Å². The van der Waals surface area contributed by atoms with E-state index in [4.69, 9.17) is 5.73 Å². The number of hydrogen-bond acceptors (Lipinski definition) is 2. The SMILES string of the molecule is CC(C)(CCN)CCC(=O)Nc1ccc(F)c(F)c1F. The number of anilines is 1. The normalized spacial score (nSPS) is 11.5. The van der Waals surface area contributed by atoms with Gasteiger partial charge in [-0.3, -0.25) is 4.79 Å². The molecule has 0 radical (unpaired) electrons. The van der Waals surface area contributed by atoms with E-state index in [2.05, 4.69) is 5.32 Å². The molecule has 0 aliphatic carbocycles. The van der Waals surface area contributed by atoms with Crippen LogP contribution in [0.25, 0.3) is 0 Å². The first-order chi connectivity index (χ1) is 9.26. The topological polar surface area (TPSA) is 55.1 Å². The maximum Gasteiger partial charge on any atom is 0.224 e. The quantitative estimate of drug-likeness (QED) is 0.790. The molecule has 0 aliphatic rings. The van der Waals surface area contributed by atoms with E-state index in [-0.39, 0.29) is 17.5 Å². The van der Waals surface area contributed by atoms with Gasteiger partial charge in [0, 0.05) is 6.42 Å². The lowest BCUT2D eigenvalue weighted by Crippen LogP contribution is -2.21. The standard InChI is InChI=1S/C14H19F3N2O/c1-14(2,7-8-18)6-5-11(20)19-10-4-3-9(15)12(16)13(10)17/h3-4H,5-8,18H2,1-2H3,(H,19,20). The second-order valence-electron chi connectivity index (χ2n) is 5.47. The van der Waals surface area contributed by atoms with Crippen LogP contribution in [0.5, 0.6) is 0 Å². The molecule has 0 spiro atoms. The van der Waals surface area contributed by atoms with E-state index < -0.39 is 23.4 Å². The van der Waals surface area contributed by atoms with E-state index in [1.165, 1.54) is 0 Å². The number of amides is 1. The minimum absolute atomic E-state index is 0.0985. The third kappa shape index (κ3) is 4.52. The first kappa shape index (κ1) is 16.5. The Bertz CT molecular complexity index is 490. The fraction of sp³-hybridized carbons (Fsp3) is 0.500. The van der Waals surface area contributed by atoms with Gasteiger partial charge in [0.1, 0.15) is 0 Å². The largest absolute Gasteiger partial charge is 0.330 e. The molecule has 1 aromatic carbocycles. The molecule has 0 bridgehead atoms. The van der Waals surface area contributed by atoms with Crippen LogP contribution in [0.4, 0.5) is 18.9 Å². The number of nitrogens with two attached hydrogens (primary N) is 1. The highest BCUT2D eigenvalue weighted by molar-refractivity contribution is 5.90. The third-order valence-electron chi connectivity index (χ3n) is 3.16. The van der Waals surface area contributed by atoms with Gasteiger partial charge in [-0.05, 0) is 36.9 Å². The summed E-state index contributed by atoms with van der Waals surface area (Å²) >= 11 is 0. The number of halogens is 3. The van der Waals surface area contributed by atoms with E-state index in [9.17, 15) is 18.0 Å². The molecule has 0 unspecified atom stereocenters. The molecule has 0 saturated carbocycles. The molecular formula is C14H19F3N2O. The highest BCUT2D eigenvalue weighted by atomic mass is 19.2. The number of carbonyl (C=O) groups excluding carboxylic acids is 1. The fourth-order valence-corrected chi connectivity index (χ4v) is 1.80. The van der Waals surface area contributed by atoms with Crippen molar-refractivity contribution in [2.45, 2.75) is 33.1 Å². The molecule has 1 amide bonds. The van der Waals surface area contributed by atoms with Crippen molar-refractivity contribution in [1.29, 1.82) is 0 Å². The van der Waals surface area contributed by atoms with Crippen LogP contribution in [0.2, 0.25) is 0 Å². The molecule has 0 saturated heterocycles. The molecule has 1 aromatic rings. The number of hydrogen-bond donors (Lipinski definition) is 2. The van der Waals surface area contributed by atoms with Crippen LogP contribution in [-0.2, 0) is 4.79 Å². The Morgan fingerprint density at radius 3 is 2.45 bits per heavy atom. The molecule has 0 aromatic heterocycles. The van der Waals surface area contributed by atoms with Crippen LogP contribution in [0.1, 0.15) is 33.1 Å². The van der Waals surface area contributed by atoms with E-state index in [0.29, 0.717) is 13.0 Å². The number of nitrogens with one attached hydrogen (secondary N) is 1. The highest BCUT2D eigenvalue weighted by Crippen LogP contribution is 2.26. The molecule has 112 valence electrons. The minimum Gasteiger partial charge on any atom is -0.330 e. The highest BCUT2D eigenvalue weighted by Gasteiger charge is 2.20. The molecule has 0 aliphatic heterocycles. The lowest BCUT2D eigenvalue weighted by Gasteiger charge is -2.23. The molecule has 0 heterocycles. The predicted molar refractivity (Wildman–Crippen MR) is 71.6 cm³/mol. The molecule has 3 N–H and O–H groups in total. The van der Waals surface area contributed by atoms with Crippen LogP contribution in [-0.4, -0.2) is 12.5 Å². The summed E-state index contributed by atoms with van der Waals surface area (Å²) < 4.78 is 39.1. The smallest absolute Gasteiger partial charge is 0.224 e. The maximum absolute atomic E-state index is 13.4. The van der Waals surface area contributed by atoms with Gasteiger partial charge in [0.25, 0.3) is 0 Å². The predicted octanol–water partition coefficient (Wildman–Crippen LogP) is 3.20. The van der Waals surface area contributed by atoms with Gasteiger partial charge in [0.05, 0.1) is 5.69 Å². The molecule has 20 heavy (non-hydrogen) atoms. The Balaban J connectivity index is 2.62. The summed E-state index contributed by atoms with van der Waals surface area (Å²) in [5.41, 5.74) is 5.01. The molecule has 0 fully saturated rings. The maximum atomic E-state index is 13.4. The zero-order valence-electron chi connectivity index (χ0n) is 11.6. The van der Waals surface area contributed by atoms with Crippen LogP contribution >= 0.6 is 0 Å². The van der Waals surface area contributed by atoms with Crippen molar-refractivity contribution in [1.82, 2.24) is 0 Å². The number of benzene rings is 1. The average molecular weight is 288 g/mol. The minimum atomic E-state index is -1.59. The zero-order chi connectivity index (χ0) is 15.3. The van der Waals surface area contributed by atoms with Gasteiger partial charge < -0.3 is 11.1 Å². The van der Waals surface area contributed by atoms with Gasteiger partial charge in [0.15, 0.2) is 17.5 Å². The number of rotatable bonds is 6. The third-order valence-corrected chi connectivity index (χ3v) is 3.16. The average Bonchev–Trinajstić information content (AvgIpc) is 2.37. The van der Waals surface area contributed by atoms with Crippen molar-refractivity contribution in [2.75, 3.05) is 11.9 Å². The molecule has 3 nitrogen and oxygen atoms in total. The summed E-state index contributed by atoms with van der Waals surface area (Å²) in [6.45, 7) is 4.48. The monoisotopic (exact) mass is 288 g/mol. The lowest BCUT2D eigenvalue weighted by molar-refractivity contribution is -0.116. The summed E-state index contributed by atoms with van der Waals surface area (Å²) in [6.07, 6.45) is 1.49. The molecular weight excluding hydrogens is 269 g/mol. The van der Waals surface area contributed by atoms with Crippen molar-refractivity contribution in [3.05, 3.63) is 29.6 Å². The first-order valence-corrected chi connectivity index (χ1v) is 6.40. The van der Waals surface area contributed by atoms with E-state index in [0.717, 1.165) is 18.6 Å². The van der Waals surface area contributed by atoms with Crippen molar-refractivity contribution < 1.29 is 18.0 Å². The first-order valence-electron chi connectivity index (χ1n) is 6.40. The Morgan fingerprint density at radius 1 is 1.20 bits per heavy atom. The Hall–Kier alpha value is -1.56. The van der Waals surface area contributed by atoms with E-state index in [1.807, 2.05) is 13.8 Å². The zero-order valence-corrected chi connectivity index (χ0v) is 11.6. The second-order valence-corrected chi connectivity index (χ2v) is 5.47. The van der Waals surface area contributed by atoms with Crippen LogP contribution in [0.15, 0.2) is 12.1 Å². The van der Waals surface area contributed by atoms with E-state index >= 15 is 0 Å². The molecule has 6 heteroatoms. The van der Waals surface area contributed by atoms with Crippen molar-refractivity contribution in [2.24, 2.45) is 11.1 Å².